The van der Waals surface area contributed by atoms with E-state index in [0.717, 1.165) is 11.1 Å². The molecule has 1 aliphatic rings. The van der Waals surface area contributed by atoms with E-state index in [2.05, 4.69) is 11.2 Å². The van der Waals surface area contributed by atoms with Crippen LogP contribution in [-0.2, 0) is 19.0 Å². The molecule has 1 amide bonds. The van der Waals surface area contributed by atoms with Gasteiger partial charge in [0.1, 0.15) is 0 Å². The van der Waals surface area contributed by atoms with Crippen LogP contribution in [0.3, 0.4) is 0 Å². The number of aliphatic hydroxyl groups excluding tert-OH is 1. The van der Waals surface area contributed by atoms with E-state index < -0.39 is 6.29 Å². The number of amides is 1. The van der Waals surface area contributed by atoms with Crippen molar-refractivity contribution in [3.05, 3.63) is 47.2 Å². The molecule has 0 aromatic heterocycles. The second kappa shape index (κ2) is 11.5. The van der Waals surface area contributed by atoms with Gasteiger partial charge in [-0.25, -0.2) is 0 Å². The third kappa shape index (κ3) is 5.83. The smallest absolute Gasteiger partial charge is 0.286 e. The number of hydrogen-bond acceptors (Lipinski definition) is 5. The molecular weight excluding hydrogens is 358 g/mol. The largest absolute Gasteiger partial charge is 0.459 e. The number of allylic oxidation sites excluding steroid dienone is 1. The molecule has 6 heteroatoms. The van der Waals surface area contributed by atoms with Crippen LogP contribution >= 0.6 is 0 Å². The predicted octanol–water partition coefficient (Wildman–Crippen LogP) is 2.18. The van der Waals surface area contributed by atoms with Crippen molar-refractivity contribution in [1.82, 2.24) is 5.32 Å². The molecule has 6 nitrogen and oxygen atoms in total. The summed E-state index contributed by atoms with van der Waals surface area (Å²) in [5.74, 6) is 2.43. The van der Waals surface area contributed by atoms with Crippen molar-refractivity contribution in [2.45, 2.75) is 32.0 Å². The molecule has 152 valence electrons. The Morgan fingerprint density at radius 1 is 1.36 bits per heavy atom. The summed E-state index contributed by atoms with van der Waals surface area (Å²) >= 11 is 0. The van der Waals surface area contributed by atoms with Crippen LogP contribution in [0.4, 0.5) is 0 Å². The van der Waals surface area contributed by atoms with Gasteiger partial charge in [-0.05, 0) is 43.5 Å². The highest BCUT2D eigenvalue weighted by Gasteiger charge is 2.37. The van der Waals surface area contributed by atoms with Crippen molar-refractivity contribution in [3.63, 3.8) is 0 Å². The molecule has 1 aromatic rings. The van der Waals surface area contributed by atoms with E-state index in [-0.39, 0.29) is 30.1 Å². The minimum atomic E-state index is -0.568. The van der Waals surface area contributed by atoms with E-state index in [1.165, 1.54) is 0 Å². The van der Waals surface area contributed by atoms with E-state index in [1.807, 2.05) is 37.3 Å². The van der Waals surface area contributed by atoms with Crippen LogP contribution in [-0.4, -0.2) is 50.8 Å². The second-order valence-electron chi connectivity index (χ2n) is 6.54. The highest BCUT2D eigenvalue weighted by atomic mass is 16.7. The molecule has 0 spiro atoms. The van der Waals surface area contributed by atoms with Gasteiger partial charge in [-0.2, -0.15) is 0 Å². The Morgan fingerprint density at radius 2 is 2.11 bits per heavy atom. The first kappa shape index (κ1) is 22.0. The highest BCUT2D eigenvalue weighted by Crippen LogP contribution is 2.39. The average molecular weight is 387 g/mol. The summed E-state index contributed by atoms with van der Waals surface area (Å²) in [6, 6.07) is 7.71. The topological polar surface area (TPSA) is 77.0 Å². The summed E-state index contributed by atoms with van der Waals surface area (Å²) in [6.07, 6.45) is 8.06. The van der Waals surface area contributed by atoms with Crippen molar-refractivity contribution < 1.29 is 24.1 Å². The van der Waals surface area contributed by atoms with E-state index >= 15 is 0 Å². The van der Waals surface area contributed by atoms with Gasteiger partial charge >= 0.3 is 0 Å². The van der Waals surface area contributed by atoms with Gasteiger partial charge in [-0.15, -0.1) is 6.42 Å². The molecule has 3 atom stereocenters. The van der Waals surface area contributed by atoms with Crippen LogP contribution < -0.4 is 5.32 Å². The van der Waals surface area contributed by atoms with E-state index in [1.54, 1.807) is 7.11 Å². The van der Waals surface area contributed by atoms with E-state index in [0.29, 0.717) is 32.6 Å². The van der Waals surface area contributed by atoms with Crippen LogP contribution in [0.25, 0.3) is 0 Å². The van der Waals surface area contributed by atoms with Crippen LogP contribution in [0.2, 0.25) is 0 Å². The van der Waals surface area contributed by atoms with Gasteiger partial charge in [0.2, 0.25) is 6.29 Å². The minimum Gasteiger partial charge on any atom is -0.459 e. The van der Waals surface area contributed by atoms with Gasteiger partial charge in [0.15, 0.2) is 5.76 Å². The van der Waals surface area contributed by atoms with Gasteiger partial charge in [-0.3, -0.25) is 4.79 Å². The number of hydrogen-bond donors (Lipinski definition) is 2. The maximum atomic E-state index is 12.5. The van der Waals surface area contributed by atoms with Gasteiger partial charge in [0.25, 0.3) is 5.91 Å². The lowest BCUT2D eigenvalue weighted by Crippen LogP contribution is -2.39. The van der Waals surface area contributed by atoms with Gasteiger partial charge < -0.3 is 24.6 Å². The minimum absolute atomic E-state index is 0.0284. The fraction of sp³-hybridized carbons (Fsp3) is 0.500. The number of methoxy groups -OCH3 is 1. The molecule has 1 aliphatic heterocycles. The molecule has 0 aliphatic carbocycles. The van der Waals surface area contributed by atoms with Crippen molar-refractivity contribution in [2.75, 3.05) is 33.5 Å². The number of rotatable bonds is 10. The highest BCUT2D eigenvalue weighted by molar-refractivity contribution is 5.91. The van der Waals surface area contributed by atoms with Crippen molar-refractivity contribution in [2.24, 2.45) is 5.92 Å². The van der Waals surface area contributed by atoms with Crippen LogP contribution in [0, 0.1) is 18.3 Å². The molecule has 0 saturated heterocycles. The number of nitrogens with one attached hydrogen (secondary N) is 1. The Kier molecular flexibility index (Phi) is 9.02. The lowest BCUT2D eigenvalue weighted by Gasteiger charge is -2.37. The first-order valence-corrected chi connectivity index (χ1v) is 9.59. The quantitative estimate of drug-likeness (QED) is 0.475. The molecule has 2 rings (SSSR count). The summed E-state index contributed by atoms with van der Waals surface area (Å²) < 4.78 is 16.7. The monoisotopic (exact) mass is 387 g/mol. The van der Waals surface area contributed by atoms with Gasteiger partial charge in [-0.1, -0.05) is 18.1 Å². The summed E-state index contributed by atoms with van der Waals surface area (Å²) in [7, 11) is 1.58. The number of ether oxygens (including phenoxy) is 3. The SMILES string of the molecule is C#Cc1ccc([C@H]2C=C(C(=O)NCCOC)O[C@@H](OCC)[C@H]2CCCO)cc1. The average Bonchev–Trinajstić information content (AvgIpc) is 2.72. The van der Waals surface area contributed by atoms with Gasteiger partial charge in [0, 0.05) is 44.3 Å². The molecule has 0 unspecified atom stereocenters. The number of benzene rings is 1. The Morgan fingerprint density at radius 3 is 2.71 bits per heavy atom. The standard InChI is InChI=1S/C22H29NO5/c1-4-16-8-10-17(11-9-16)19-15-20(21(25)23-12-14-26-3)28-22(27-5-2)18(19)7-6-13-24/h1,8-11,15,18-19,22,24H,5-7,12-14H2,2-3H3,(H,23,25)/t18-,19+,22+/m0/s1. The van der Waals surface area contributed by atoms with E-state index in [4.69, 9.17) is 20.6 Å². The van der Waals surface area contributed by atoms with Crippen molar-refractivity contribution >= 4 is 5.91 Å². The lowest BCUT2D eigenvalue weighted by atomic mass is 9.80. The van der Waals surface area contributed by atoms with Crippen LogP contribution in [0.1, 0.15) is 36.8 Å². The van der Waals surface area contributed by atoms with Crippen molar-refractivity contribution in [1.29, 1.82) is 0 Å². The molecule has 1 aromatic carbocycles. The maximum absolute atomic E-state index is 12.5. The zero-order chi connectivity index (χ0) is 20.4. The molecule has 0 bridgehead atoms. The van der Waals surface area contributed by atoms with Crippen molar-refractivity contribution in [3.8, 4) is 12.3 Å². The Labute approximate surface area is 166 Å². The van der Waals surface area contributed by atoms with Crippen LogP contribution in [0.5, 0.6) is 0 Å². The Hall–Kier alpha value is -2.33. The Balaban J connectivity index is 2.34. The fourth-order valence-electron chi connectivity index (χ4n) is 3.30. The number of terminal acetylenes is 1. The molecule has 0 radical (unpaired) electrons. The summed E-state index contributed by atoms with van der Waals surface area (Å²) in [5.41, 5.74) is 1.82. The number of carbonyl (C=O) groups is 1. The predicted molar refractivity (Wildman–Crippen MR) is 106 cm³/mol. The fourth-order valence-corrected chi connectivity index (χ4v) is 3.30. The molecular formula is C22H29NO5. The summed E-state index contributed by atoms with van der Waals surface area (Å²) in [6.45, 7) is 3.25. The first-order valence-electron chi connectivity index (χ1n) is 9.59. The number of carbonyl (C=O) groups excluding carboxylic acids is 1. The summed E-state index contributed by atoms with van der Waals surface area (Å²) in [5, 5.41) is 12.1. The molecule has 28 heavy (non-hydrogen) atoms. The third-order valence-corrected chi connectivity index (χ3v) is 4.69. The Bertz CT molecular complexity index is 692. The zero-order valence-corrected chi connectivity index (χ0v) is 16.5. The first-order chi connectivity index (χ1) is 13.6. The summed E-state index contributed by atoms with van der Waals surface area (Å²) in [4.78, 5) is 12.5. The molecule has 1 heterocycles. The van der Waals surface area contributed by atoms with Crippen LogP contribution in [0.15, 0.2) is 36.1 Å². The maximum Gasteiger partial charge on any atom is 0.286 e. The molecule has 0 fully saturated rings. The molecule has 0 saturated carbocycles. The zero-order valence-electron chi connectivity index (χ0n) is 16.5. The lowest BCUT2D eigenvalue weighted by molar-refractivity contribution is -0.166. The van der Waals surface area contributed by atoms with E-state index in [9.17, 15) is 9.90 Å². The normalized spacial score (nSPS) is 21.4. The van der Waals surface area contributed by atoms with Gasteiger partial charge in [0.05, 0.1) is 6.61 Å². The molecule has 2 N–H and O–H groups in total. The number of aliphatic hydroxyl groups is 1. The third-order valence-electron chi connectivity index (χ3n) is 4.69. The second-order valence-corrected chi connectivity index (χ2v) is 6.54.